The van der Waals surface area contributed by atoms with Crippen molar-refractivity contribution in [3.63, 3.8) is 0 Å². The highest BCUT2D eigenvalue weighted by Crippen LogP contribution is 2.20. The highest BCUT2D eigenvalue weighted by molar-refractivity contribution is 7.90. The van der Waals surface area contributed by atoms with Crippen LogP contribution in [0.2, 0.25) is 0 Å². The number of piperidine rings is 1. The van der Waals surface area contributed by atoms with Crippen molar-refractivity contribution in [1.82, 2.24) is 14.3 Å². The number of nitrogens with zero attached hydrogens (tertiary/aromatic N) is 3. The summed E-state index contributed by atoms with van der Waals surface area (Å²) >= 11 is 0. The highest BCUT2D eigenvalue weighted by atomic mass is 32.2. The fourth-order valence-electron chi connectivity index (χ4n) is 1.89. The zero-order chi connectivity index (χ0) is 13.9. The fraction of sp³-hybridized carbons (Fsp3) is 0.500. The average molecular weight is 286 g/mol. The van der Waals surface area contributed by atoms with Gasteiger partial charge in [0.25, 0.3) is 0 Å². The van der Waals surface area contributed by atoms with Gasteiger partial charge in [-0.05, 0) is 12.8 Å². The summed E-state index contributed by atoms with van der Waals surface area (Å²) in [5.41, 5.74) is 0. The van der Waals surface area contributed by atoms with Gasteiger partial charge in [-0.1, -0.05) is 0 Å². The Morgan fingerprint density at radius 3 is 2.58 bits per heavy atom. The SMILES string of the molecule is O=C(O)C1CCN(S(=O)(=O)Nc2cnccn2)CC1. The van der Waals surface area contributed by atoms with E-state index in [1.807, 2.05) is 0 Å². The number of aromatic nitrogens is 2. The average Bonchev–Trinajstić information content (AvgIpc) is 2.39. The molecule has 2 heterocycles. The zero-order valence-corrected chi connectivity index (χ0v) is 10.9. The molecule has 0 bridgehead atoms. The molecule has 0 saturated carbocycles. The summed E-state index contributed by atoms with van der Waals surface area (Å²) in [6.07, 6.45) is 4.76. The van der Waals surface area contributed by atoms with E-state index in [-0.39, 0.29) is 18.9 Å². The largest absolute Gasteiger partial charge is 0.481 e. The molecule has 8 nitrogen and oxygen atoms in total. The van der Waals surface area contributed by atoms with Crippen molar-refractivity contribution < 1.29 is 18.3 Å². The summed E-state index contributed by atoms with van der Waals surface area (Å²) in [7, 11) is -3.70. The Labute approximate surface area is 110 Å². The smallest absolute Gasteiger partial charge is 0.306 e. The Kier molecular flexibility index (Phi) is 3.96. The van der Waals surface area contributed by atoms with Gasteiger partial charge in [0.2, 0.25) is 0 Å². The van der Waals surface area contributed by atoms with Crippen LogP contribution in [-0.2, 0) is 15.0 Å². The summed E-state index contributed by atoms with van der Waals surface area (Å²) in [5, 5.41) is 8.86. The molecule has 1 aliphatic rings. The van der Waals surface area contributed by atoms with E-state index < -0.39 is 22.1 Å². The predicted molar refractivity (Wildman–Crippen MR) is 66.5 cm³/mol. The number of carboxylic acids is 1. The second kappa shape index (κ2) is 5.49. The van der Waals surface area contributed by atoms with E-state index in [0.717, 1.165) is 0 Å². The standard InChI is InChI=1S/C10H14N4O4S/c15-10(16)8-1-5-14(6-2-8)19(17,18)13-9-7-11-3-4-12-9/h3-4,7-8H,1-2,5-6H2,(H,12,13)(H,15,16). The molecule has 0 aromatic carbocycles. The molecule has 1 aliphatic heterocycles. The Bertz CT molecular complexity index is 540. The lowest BCUT2D eigenvalue weighted by molar-refractivity contribution is -0.142. The second-order valence-electron chi connectivity index (χ2n) is 4.21. The molecule has 0 radical (unpaired) electrons. The van der Waals surface area contributed by atoms with E-state index in [1.165, 1.54) is 22.9 Å². The van der Waals surface area contributed by atoms with Crippen LogP contribution in [0, 0.1) is 5.92 Å². The number of rotatable bonds is 4. The van der Waals surface area contributed by atoms with Gasteiger partial charge in [-0.15, -0.1) is 0 Å². The first-order chi connectivity index (χ1) is 8.99. The fourth-order valence-corrected chi connectivity index (χ4v) is 3.08. The number of nitrogens with one attached hydrogen (secondary N) is 1. The Morgan fingerprint density at radius 2 is 2.05 bits per heavy atom. The van der Waals surface area contributed by atoms with Gasteiger partial charge >= 0.3 is 16.2 Å². The Balaban J connectivity index is 2.00. The van der Waals surface area contributed by atoms with E-state index in [1.54, 1.807) is 0 Å². The van der Waals surface area contributed by atoms with Crippen LogP contribution < -0.4 is 4.72 Å². The number of anilines is 1. The van der Waals surface area contributed by atoms with Gasteiger partial charge in [-0.3, -0.25) is 14.5 Å². The van der Waals surface area contributed by atoms with Crippen LogP contribution in [-0.4, -0.2) is 46.9 Å². The third-order valence-electron chi connectivity index (χ3n) is 2.94. The van der Waals surface area contributed by atoms with Gasteiger partial charge in [0.05, 0.1) is 12.1 Å². The Hall–Kier alpha value is -1.74. The number of carbonyl (C=O) groups is 1. The zero-order valence-electron chi connectivity index (χ0n) is 10.1. The molecule has 0 atom stereocenters. The molecule has 1 saturated heterocycles. The van der Waals surface area contributed by atoms with Crippen molar-refractivity contribution in [3.05, 3.63) is 18.6 Å². The van der Waals surface area contributed by atoms with Crippen molar-refractivity contribution in [2.45, 2.75) is 12.8 Å². The predicted octanol–water partition coefficient (Wildman–Crippen LogP) is -0.0701. The molecular weight excluding hydrogens is 272 g/mol. The van der Waals surface area contributed by atoms with Crippen LogP contribution in [0.25, 0.3) is 0 Å². The molecule has 0 unspecified atom stereocenters. The lowest BCUT2D eigenvalue weighted by atomic mass is 9.99. The summed E-state index contributed by atoms with van der Waals surface area (Å²) < 4.78 is 27.6. The molecule has 19 heavy (non-hydrogen) atoms. The molecule has 2 rings (SSSR count). The molecule has 1 fully saturated rings. The van der Waals surface area contributed by atoms with Gasteiger partial charge in [0, 0.05) is 25.5 Å². The molecule has 0 amide bonds. The maximum Gasteiger partial charge on any atom is 0.306 e. The molecule has 1 aromatic heterocycles. The van der Waals surface area contributed by atoms with Gasteiger partial charge in [-0.2, -0.15) is 12.7 Å². The van der Waals surface area contributed by atoms with E-state index in [9.17, 15) is 13.2 Å². The van der Waals surface area contributed by atoms with Crippen LogP contribution >= 0.6 is 0 Å². The molecule has 1 aromatic rings. The van der Waals surface area contributed by atoms with E-state index in [4.69, 9.17) is 5.11 Å². The van der Waals surface area contributed by atoms with E-state index in [0.29, 0.717) is 12.8 Å². The van der Waals surface area contributed by atoms with Gasteiger partial charge in [0.1, 0.15) is 0 Å². The van der Waals surface area contributed by atoms with Crippen molar-refractivity contribution in [2.24, 2.45) is 5.92 Å². The normalized spacial score (nSPS) is 18.1. The van der Waals surface area contributed by atoms with Crippen molar-refractivity contribution in [2.75, 3.05) is 17.8 Å². The van der Waals surface area contributed by atoms with Crippen molar-refractivity contribution in [1.29, 1.82) is 0 Å². The molecule has 0 spiro atoms. The topological polar surface area (TPSA) is 112 Å². The van der Waals surface area contributed by atoms with Crippen molar-refractivity contribution >= 4 is 22.0 Å². The first-order valence-electron chi connectivity index (χ1n) is 5.76. The van der Waals surface area contributed by atoms with E-state index >= 15 is 0 Å². The minimum atomic E-state index is -3.70. The summed E-state index contributed by atoms with van der Waals surface area (Å²) in [4.78, 5) is 18.4. The number of hydrogen-bond donors (Lipinski definition) is 2. The first kappa shape index (κ1) is 13.7. The van der Waals surface area contributed by atoms with Crippen LogP contribution in [0.15, 0.2) is 18.6 Å². The maximum atomic E-state index is 12.0. The summed E-state index contributed by atoms with van der Waals surface area (Å²) in [6, 6.07) is 0. The van der Waals surface area contributed by atoms with Crippen LogP contribution in [0.1, 0.15) is 12.8 Å². The second-order valence-corrected chi connectivity index (χ2v) is 5.88. The maximum absolute atomic E-state index is 12.0. The molecule has 9 heteroatoms. The third-order valence-corrected chi connectivity index (χ3v) is 4.45. The Morgan fingerprint density at radius 1 is 1.37 bits per heavy atom. The molecule has 104 valence electrons. The monoisotopic (exact) mass is 286 g/mol. The number of hydrogen-bond acceptors (Lipinski definition) is 5. The van der Waals surface area contributed by atoms with Crippen molar-refractivity contribution in [3.8, 4) is 0 Å². The molecule has 0 aliphatic carbocycles. The number of aliphatic carboxylic acids is 1. The quantitative estimate of drug-likeness (QED) is 0.801. The lowest BCUT2D eigenvalue weighted by Crippen LogP contribution is -2.43. The summed E-state index contributed by atoms with van der Waals surface area (Å²) in [6.45, 7) is 0.374. The first-order valence-corrected chi connectivity index (χ1v) is 7.20. The summed E-state index contributed by atoms with van der Waals surface area (Å²) in [5.74, 6) is -1.20. The lowest BCUT2D eigenvalue weighted by Gasteiger charge is -2.29. The van der Waals surface area contributed by atoms with E-state index in [2.05, 4.69) is 14.7 Å². The van der Waals surface area contributed by atoms with Gasteiger partial charge < -0.3 is 5.11 Å². The van der Waals surface area contributed by atoms with Crippen LogP contribution in [0.5, 0.6) is 0 Å². The van der Waals surface area contributed by atoms with Crippen LogP contribution in [0.4, 0.5) is 5.82 Å². The van der Waals surface area contributed by atoms with Gasteiger partial charge in [-0.25, -0.2) is 4.98 Å². The minimum absolute atomic E-state index is 0.142. The van der Waals surface area contributed by atoms with Crippen LogP contribution in [0.3, 0.4) is 0 Å². The third kappa shape index (κ3) is 3.38. The highest BCUT2D eigenvalue weighted by Gasteiger charge is 2.31. The molecular formula is C10H14N4O4S. The number of carboxylic acid groups (broad SMARTS) is 1. The molecule has 2 N–H and O–H groups in total. The minimum Gasteiger partial charge on any atom is -0.481 e. The van der Waals surface area contributed by atoms with Gasteiger partial charge in [0.15, 0.2) is 5.82 Å².